The molecule has 0 N–H and O–H groups in total. The molecule has 0 amide bonds. The van der Waals surface area contributed by atoms with Crippen molar-refractivity contribution in [3.05, 3.63) is 65.4 Å². The van der Waals surface area contributed by atoms with Crippen molar-refractivity contribution in [1.82, 2.24) is 4.98 Å². The van der Waals surface area contributed by atoms with Crippen LogP contribution in [0.1, 0.15) is 11.1 Å². The molecule has 0 aliphatic carbocycles. The van der Waals surface area contributed by atoms with E-state index in [4.69, 9.17) is 0 Å². The van der Waals surface area contributed by atoms with Crippen molar-refractivity contribution < 1.29 is 21.4 Å². The number of hydrogen-bond donors (Lipinski definition) is 0. The molecule has 0 saturated heterocycles. The minimum Gasteiger partial charge on any atom is -0.247 e. The Morgan fingerprint density at radius 2 is 1.71 bits per heavy atom. The van der Waals surface area contributed by atoms with Crippen molar-refractivity contribution >= 4 is 17.7 Å². The molecule has 0 atom stereocenters. The molecule has 0 aliphatic heterocycles. The number of halogens is 5. The van der Waals surface area contributed by atoms with Gasteiger partial charge in [-0.25, -0.2) is 22.5 Å². The first-order valence-corrected chi connectivity index (χ1v) is 6.40. The fourth-order valence-corrected chi connectivity index (χ4v) is 1.94. The number of pyridine rings is 1. The fraction of sp³-hybridized carbons (Fsp3) is 0.0714. The van der Waals surface area contributed by atoms with Gasteiger partial charge < -0.3 is 0 Å². The van der Waals surface area contributed by atoms with E-state index < -0.39 is 35.3 Å². The number of allylic oxidation sites excluding steroid dienone is 1. The maximum atomic E-state index is 13.5. The highest BCUT2D eigenvalue weighted by Crippen LogP contribution is 2.26. The van der Waals surface area contributed by atoms with Crippen LogP contribution in [-0.4, -0.2) is 4.98 Å². The second-order valence-electron chi connectivity index (χ2n) is 4.19. The molecule has 0 radical (unpaired) electrons. The first-order chi connectivity index (χ1) is 9.93. The molecular weight excluding hydrogens is 309 g/mol. The summed E-state index contributed by atoms with van der Waals surface area (Å²) in [5.41, 5.74) is -0.168. The minimum absolute atomic E-state index is 0.0579. The van der Waals surface area contributed by atoms with Crippen LogP contribution in [0.15, 0.2) is 36.0 Å². The highest BCUT2D eigenvalue weighted by Gasteiger charge is 2.19. The molecule has 0 aliphatic rings. The van der Waals surface area contributed by atoms with E-state index in [9.17, 15) is 21.4 Å². The van der Waals surface area contributed by atoms with Crippen LogP contribution in [0.4, 0.5) is 21.4 Å². The van der Waals surface area contributed by atoms with Gasteiger partial charge in [-0.15, -0.1) is 0 Å². The molecule has 2 rings (SSSR count). The highest BCUT2D eigenvalue weighted by atomic mass is 32.2. The third-order valence-electron chi connectivity index (χ3n) is 2.82. The van der Waals surface area contributed by atoms with Gasteiger partial charge in [-0.3, -0.25) is 0 Å². The van der Waals surface area contributed by atoms with Gasteiger partial charge in [0, 0.05) is 24.2 Å². The fourth-order valence-electron chi connectivity index (χ4n) is 1.73. The van der Waals surface area contributed by atoms with Crippen LogP contribution in [0.2, 0.25) is 0 Å². The first kappa shape index (κ1) is 15.5. The molecule has 0 unspecified atom stereocenters. The first-order valence-electron chi connectivity index (χ1n) is 5.68. The largest absolute Gasteiger partial charge is 0.247 e. The average Bonchev–Trinajstić information content (AvgIpc) is 2.49. The van der Waals surface area contributed by atoms with Gasteiger partial charge in [0.25, 0.3) is 0 Å². The minimum atomic E-state index is -1.47. The molecule has 1 aromatic carbocycles. The number of rotatable bonds is 4. The van der Waals surface area contributed by atoms with Gasteiger partial charge in [0.15, 0.2) is 23.3 Å². The van der Waals surface area contributed by atoms with Gasteiger partial charge in [-0.05, 0) is 17.2 Å². The van der Waals surface area contributed by atoms with Crippen LogP contribution in [0.3, 0.4) is 0 Å². The maximum absolute atomic E-state index is 13.5. The van der Waals surface area contributed by atoms with Crippen LogP contribution in [0, 0.1) is 23.3 Å². The molecular formula is C14H8F5NS. The summed E-state index contributed by atoms with van der Waals surface area (Å²) in [5.74, 6) is -5.86. The molecule has 110 valence electrons. The molecule has 7 heteroatoms. The molecule has 0 bridgehead atoms. The molecule has 2 aromatic rings. The summed E-state index contributed by atoms with van der Waals surface area (Å²) in [6.45, 7) is 3.60. The van der Waals surface area contributed by atoms with Crippen LogP contribution in [-0.2, 0) is 6.42 Å². The molecule has 0 saturated carbocycles. The second-order valence-corrected chi connectivity index (χ2v) is 4.76. The zero-order valence-corrected chi connectivity index (χ0v) is 11.3. The van der Waals surface area contributed by atoms with E-state index in [0.29, 0.717) is 5.56 Å². The van der Waals surface area contributed by atoms with E-state index in [-0.39, 0.29) is 28.8 Å². The number of hydrogen-bond acceptors (Lipinski definition) is 2. The lowest BCUT2D eigenvalue weighted by Gasteiger charge is -2.09. The normalized spacial score (nSPS) is 10.7. The summed E-state index contributed by atoms with van der Waals surface area (Å²) in [5, 5.41) is 0.112. The van der Waals surface area contributed by atoms with Gasteiger partial charge in [0.2, 0.25) is 0 Å². The molecule has 1 heterocycles. The van der Waals surface area contributed by atoms with Crippen molar-refractivity contribution in [3.8, 4) is 0 Å². The highest BCUT2D eigenvalue weighted by molar-refractivity contribution is 7.94. The Morgan fingerprint density at radius 3 is 2.19 bits per heavy atom. The Balaban J connectivity index is 2.31. The zero-order chi connectivity index (χ0) is 15.6. The van der Waals surface area contributed by atoms with Crippen LogP contribution in [0.25, 0.3) is 5.57 Å². The number of nitrogens with zero attached hydrogens (tertiary/aromatic N) is 1. The Morgan fingerprint density at radius 1 is 1.10 bits per heavy atom. The third-order valence-corrected chi connectivity index (χ3v) is 3.22. The number of benzene rings is 1. The van der Waals surface area contributed by atoms with E-state index in [1.165, 1.54) is 18.3 Å². The Bertz CT molecular complexity index is 659. The zero-order valence-electron chi connectivity index (χ0n) is 10.5. The standard InChI is InChI=1S/C14H8F5NS/c1-7(8-2-3-12(21-19)20-6-8)4-9-13(17)10(15)5-11(16)14(9)18/h2-3,5-6H,1,4H2. The lowest BCUT2D eigenvalue weighted by molar-refractivity contribution is 0.442. The van der Waals surface area contributed by atoms with Crippen molar-refractivity contribution in [3.63, 3.8) is 0 Å². The molecule has 0 fully saturated rings. The maximum Gasteiger partial charge on any atom is 0.165 e. The van der Waals surface area contributed by atoms with Crippen molar-refractivity contribution in [2.75, 3.05) is 0 Å². The summed E-state index contributed by atoms with van der Waals surface area (Å²) in [6.07, 6.45) is 0.825. The van der Waals surface area contributed by atoms with Crippen LogP contribution in [0.5, 0.6) is 0 Å². The summed E-state index contributed by atoms with van der Waals surface area (Å²) in [6, 6.07) is 2.94. The third kappa shape index (κ3) is 3.24. The molecule has 21 heavy (non-hydrogen) atoms. The van der Waals surface area contributed by atoms with Gasteiger partial charge in [0.05, 0.1) is 0 Å². The predicted molar refractivity (Wildman–Crippen MR) is 70.2 cm³/mol. The second kappa shape index (κ2) is 6.26. The van der Waals surface area contributed by atoms with E-state index in [2.05, 4.69) is 11.6 Å². The molecule has 1 nitrogen and oxygen atoms in total. The van der Waals surface area contributed by atoms with Gasteiger partial charge in [-0.1, -0.05) is 12.6 Å². The Labute approximate surface area is 121 Å². The van der Waals surface area contributed by atoms with E-state index >= 15 is 0 Å². The summed E-state index contributed by atoms with van der Waals surface area (Å²) in [7, 11) is 0. The van der Waals surface area contributed by atoms with Crippen molar-refractivity contribution in [2.45, 2.75) is 11.4 Å². The van der Waals surface area contributed by atoms with Gasteiger partial charge in [0.1, 0.15) is 17.2 Å². The van der Waals surface area contributed by atoms with Crippen LogP contribution >= 0.6 is 12.1 Å². The van der Waals surface area contributed by atoms with Crippen molar-refractivity contribution in [2.24, 2.45) is 0 Å². The summed E-state index contributed by atoms with van der Waals surface area (Å²) in [4.78, 5) is 3.73. The lowest BCUT2D eigenvalue weighted by Crippen LogP contribution is -2.04. The predicted octanol–water partition coefficient (Wildman–Crippen LogP) is 4.87. The SMILES string of the molecule is C=C(Cc1c(F)c(F)cc(F)c1F)c1ccc(SF)nc1. The van der Waals surface area contributed by atoms with Gasteiger partial charge >= 0.3 is 0 Å². The van der Waals surface area contributed by atoms with E-state index in [1.807, 2.05) is 0 Å². The number of aromatic nitrogens is 1. The van der Waals surface area contributed by atoms with Crippen LogP contribution < -0.4 is 0 Å². The van der Waals surface area contributed by atoms with E-state index in [0.717, 1.165) is 0 Å². The van der Waals surface area contributed by atoms with Crippen molar-refractivity contribution in [1.29, 1.82) is 0 Å². The van der Waals surface area contributed by atoms with E-state index in [1.54, 1.807) is 0 Å². The summed E-state index contributed by atoms with van der Waals surface area (Å²) >= 11 is -0.0579. The van der Waals surface area contributed by atoms with Gasteiger partial charge in [-0.2, -0.15) is 3.89 Å². The smallest absolute Gasteiger partial charge is 0.165 e. The topological polar surface area (TPSA) is 12.9 Å². The average molecular weight is 317 g/mol. The Kier molecular flexibility index (Phi) is 4.62. The monoisotopic (exact) mass is 317 g/mol. The summed E-state index contributed by atoms with van der Waals surface area (Å²) < 4.78 is 65.5. The quantitative estimate of drug-likeness (QED) is 0.589. The molecule has 1 aromatic heterocycles. The lowest BCUT2D eigenvalue weighted by atomic mass is 10.00. The Hall–Kier alpha value is -1.89. The molecule has 0 spiro atoms.